The van der Waals surface area contributed by atoms with Gasteiger partial charge in [0.15, 0.2) is 22.8 Å². The van der Waals surface area contributed by atoms with Gasteiger partial charge in [0.25, 0.3) is 0 Å². The van der Waals surface area contributed by atoms with Crippen molar-refractivity contribution in [3.8, 4) is 0 Å². The number of aromatic nitrogens is 4. The van der Waals surface area contributed by atoms with Crippen LogP contribution in [0.15, 0.2) is 6.33 Å². The van der Waals surface area contributed by atoms with Crippen molar-refractivity contribution in [2.45, 2.75) is 63.9 Å². The minimum absolute atomic E-state index is 0.000754. The van der Waals surface area contributed by atoms with Crippen molar-refractivity contribution in [2.24, 2.45) is 0 Å². The van der Waals surface area contributed by atoms with E-state index in [0.717, 1.165) is 12.8 Å². The van der Waals surface area contributed by atoms with E-state index < -0.39 is 36.3 Å². The van der Waals surface area contributed by atoms with E-state index in [4.69, 9.17) is 46.9 Å². The number of nitrogens with zero attached hydrogens (tertiary/aromatic N) is 4. The number of hydrogen-bond donors (Lipinski definition) is 0. The Labute approximate surface area is 189 Å². The van der Waals surface area contributed by atoms with Gasteiger partial charge in [0.2, 0.25) is 5.28 Å². The van der Waals surface area contributed by atoms with Crippen LogP contribution in [0.2, 0.25) is 10.4 Å². The lowest BCUT2D eigenvalue weighted by Crippen LogP contribution is -2.33. The second kappa shape index (κ2) is 9.13. The van der Waals surface area contributed by atoms with Crippen molar-refractivity contribution >= 4 is 40.3 Å². The second-order valence-electron chi connectivity index (χ2n) is 7.83. The summed E-state index contributed by atoms with van der Waals surface area (Å²) in [6.07, 6.45) is 1.36. The van der Waals surface area contributed by atoms with Crippen LogP contribution in [0.1, 0.15) is 39.8 Å². The molecule has 2 aromatic heterocycles. The molecule has 0 aliphatic carbocycles. The number of ether oxygens (including phenoxy) is 5. The van der Waals surface area contributed by atoms with E-state index in [2.05, 4.69) is 15.0 Å². The highest BCUT2D eigenvalue weighted by molar-refractivity contribution is 6.35. The molecule has 4 atom stereocenters. The van der Waals surface area contributed by atoms with Crippen LogP contribution in [-0.2, 0) is 28.5 Å². The number of hydrogen-bond acceptors (Lipinski definition) is 9. The van der Waals surface area contributed by atoms with Gasteiger partial charge in [-0.3, -0.25) is 4.57 Å². The van der Waals surface area contributed by atoms with Crippen molar-refractivity contribution in [1.82, 2.24) is 19.5 Å². The molecule has 2 fully saturated rings. The number of unbranched alkanes of at least 4 members (excludes halogenated alkanes) is 1. The Kier molecular flexibility index (Phi) is 6.66. The van der Waals surface area contributed by atoms with Crippen molar-refractivity contribution in [2.75, 3.05) is 19.8 Å². The molecule has 2 aliphatic rings. The highest BCUT2D eigenvalue weighted by Gasteiger charge is 2.56. The quantitative estimate of drug-likeness (QED) is 0.247. The summed E-state index contributed by atoms with van der Waals surface area (Å²) in [5.74, 6) is -1.22. The number of rotatable bonds is 8. The molecule has 0 N–H and O–H groups in total. The van der Waals surface area contributed by atoms with E-state index in [0.29, 0.717) is 17.8 Å². The molecule has 10 nitrogen and oxygen atoms in total. The maximum atomic E-state index is 11.8. The Morgan fingerprint density at radius 3 is 2.81 bits per heavy atom. The number of imidazole rings is 1. The first-order valence-corrected chi connectivity index (χ1v) is 10.8. The minimum atomic E-state index is -0.810. The largest absolute Gasteiger partial charge is 0.464 e. The van der Waals surface area contributed by atoms with Crippen LogP contribution in [0, 0.1) is 0 Å². The molecule has 2 aromatic rings. The zero-order chi connectivity index (χ0) is 22.2. The number of halogens is 2. The van der Waals surface area contributed by atoms with E-state index >= 15 is 0 Å². The summed E-state index contributed by atoms with van der Waals surface area (Å²) >= 11 is 12.1. The van der Waals surface area contributed by atoms with Gasteiger partial charge < -0.3 is 23.7 Å². The Morgan fingerprint density at radius 1 is 1.26 bits per heavy atom. The van der Waals surface area contributed by atoms with Gasteiger partial charge in [-0.25, -0.2) is 14.8 Å². The first-order chi connectivity index (χ1) is 14.8. The first kappa shape index (κ1) is 22.6. The van der Waals surface area contributed by atoms with Gasteiger partial charge in [-0.15, -0.1) is 0 Å². The molecule has 0 unspecified atom stereocenters. The summed E-state index contributed by atoms with van der Waals surface area (Å²) in [6, 6.07) is 0. The maximum absolute atomic E-state index is 11.8. The normalized spacial score (nSPS) is 27.0. The number of fused-ring (bicyclic) bond motifs is 2. The lowest BCUT2D eigenvalue weighted by atomic mass is 10.1. The molecule has 0 spiro atoms. The monoisotopic (exact) mass is 474 g/mol. The van der Waals surface area contributed by atoms with Crippen LogP contribution in [0.5, 0.6) is 0 Å². The van der Waals surface area contributed by atoms with Gasteiger partial charge in [0, 0.05) is 0 Å². The molecular weight excluding hydrogens is 451 g/mol. The maximum Gasteiger partial charge on any atom is 0.332 e. The van der Waals surface area contributed by atoms with Crippen LogP contribution in [0.25, 0.3) is 11.2 Å². The predicted octanol–water partition coefficient (Wildman–Crippen LogP) is 2.91. The van der Waals surface area contributed by atoms with E-state index in [1.165, 1.54) is 0 Å². The number of carbonyl (C=O) groups excluding carboxylic acids is 1. The van der Waals surface area contributed by atoms with Crippen molar-refractivity contribution in [3.63, 3.8) is 0 Å². The molecule has 12 heteroatoms. The standard InChI is InChI=1S/C19H24Cl2N4O6/c1-4-5-6-28-11(26)8-27-7-10-13-14(31-19(2,3)30-13)17(29-10)25-9-22-12-15(20)23-18(21)24-16(12)25/h9-10,13-14,17H,4-8H2,1-3H3/t10-,13-,14-,17-/m1/s1. The predicted molar refractivity (Wildman–Crippen MR) is 110 cm³/mol. The highest BCUT2D eigenvalue weighted by Crippen LogP contribution is 2.44. The molecular formula is C19H24Cl2N4O6. The second-order valence-corrected chi connectivity index (χ2v) is 8.52. The Morgan fingerprint density at radius 2 is 2.03 bits per heavy atom. The fourth-order valence-corrected chi connectivity index (χ4v) is 4.11. The molecule has 0 saturated carbocycles. The summed E-state index contributed by atoms with van der Waals surface area (Å²) in [7, 11) is 0. The van der Waals surface area contributed by atoms with Gasteiger partial charge in [0.05, 0.1) is 19.5 Å². The summed E-state index contributed by atoms with van der Waals surface area (Å²) in [4.78, 5) is 24.2. The van der Waals surface area contributed by atoms with Gasteiger partial charge in [-0.05, 0) is 31.9 Å². The topological polar surface area (TPSA) is 107 Å². The number of carbonyl (C=O) groups is 1. The Hall–Kier alpha value is -1.56. The van der Waals surface area contributed by atoms with Crippen LogP contribution >= 0.6 is 23.2 Å². The molecule has 2 aliphatic heterocycles. The summed E-state index contributed by atoms with van der Waals surface area (Å²) in [5.41, 5.74) is 0.821. The smallest absolute Gasteiger partial charge is 0.332 e. The molecule has 0 radical (unpaired) electrons. The Balaban J connectivity index is 1.48. The number of esters is 1. The van der Waals surface area contributed by atoms with Gasteiger partial charge in [-0.1, -0.05) is 24.9 Å². The van der Waals surface area contributed by atoms with E-state index in [9.17, 15) is 4.79 Å². The van der Waals surface area contributed by atoms with E-state index in [-0.39, 0.29) is 23.7 Å². The first-order valence-electron chi connectivity index (χ1n) is 10.1. The zero-order valence-electron chi connectivity index (χ0n) is 17.4. The molecule has 4 heterocycles. The summed E-state index contributed by atoms with van der Waals surface area (Å²) in [5, 5.41) is 0.146. The fourth-order valence-electron chi connectivity index (χ4n) is 3.69. The fraction of sp³-hybridized carbons (Fsp3) is 0.684. The van der Waals surface area contributed by atoms with Crippen molar-refractivity contribution in [1.29, 1.82) is 0 Å². The molecule has 170 valence electrons. The SMILES string of the molecule is CCCCOC(=O)COC[C@H]1O[C@@H](n2cnc3c(Cl)nc(Cl)nc32)[C@@H]2OC(C)(C)O[C@@H]21. The highest BCUT2D eigenvalue weighted by atomic mass is 35.5. The lowest BCUT2D eigenvalue weighted by molar-refractivity contribution is -0.202. The van der Waals surface area contributed by atoms with Crippen LogP contribution in [-0.4, -0.2) is 69.4 Å². The third-order valence-corrected chi connectivity index (χ3v) is 5.45. The third kappa shape index (κ3) is 4.79. The molecule has 0 aromatic carbocycles. The van der Waals surface area contributed by atoms with Crippen molar-refractivity contribution in [3.05, 3.63) is 16.8 Å². The average Bonchev–Trinajstić information content (AvgIpc) is 3.33. The third-order valence-electron chi connectivity index (χ3n) is 5.01. The van der Waals surface area contributed by atoms with Crippen LogP contribution in [0.4, 0.5) is 0 Å². The van der Waals surface area contributed by atoms with Crippen LogP contribution in [0.3, 0.4) is 0 Å². The van der Waals surface area contributed by atoms with Crippen molar-refractivity contribution < 1.29 is 28.5 Å². The van der Waals surface area contributed by atoms with Gasteiger partial charge >= 0.3 is 5.97 Å². The average molecular weight is 475 g/mol. The van der Waals surface area contributed by atoms with Crippen LogP contribution < -0.4 is 0 Å². The van der Waals surface area contributed by atoms with Gasteiger partial charge in [-0.2, -0.15) is 4.98 Å². The molecule has 4 rings (SSSR count). The van der Waals surface area contributed by atoms with Gasteiger partial charge in [0.1, 0.15) is 30.4 Å². The Bertz CT molecular complexity index is 955. The van der Waals surface area contributed by atoms with E-state index in [1.807, 2.05) is 20.8 Å². The summed E-state index contributed by atoms with van der Waals surface area (Å²) < 4.78 is 30.7. The molecule has 0 amide bonds. The summed E-state index contributed by atoms with van der Waals surface area (Å²) in [6.45, 7) is 6.03. The van der Waals surface area contributed by atoms with E-state index in [1.54, 1.807) is 10.9 Å². The minimum Gasteiger partial charge on any atom is -0.464 e. The molecule has 2 saturated heterocycles. The lowest BCUT2D eigenvalue weighted by Gasteiger charge is -2.24. The molecule has 31 heavy (non-hydrogen) atoms. The zero-order valence-corrected chi connectivity index (χ0v) is 18.9. The molecule has 0 bridgehead atoms.